The Morgan fingerprint density at radius 1 is 1.00 bits per heavy atom. The third-order valence-electron chi connectivity index (χ3n) is 5.50. The van der Waals surface area contributed by atoms with Crippen LogP contribution in [0.3, 0.4) is 0 Å². The fraction of sp³-hybridized carbons (Fsp3) is 0.200. The molecule has 0 aliphatic heterocycles. The minimum absolute atomic E-state index is 0.0883. The molecule has 0 atom stereocenters. The second kappa shape index (κ2) is 8.03. The molecule has 152 valence electrons. The molecule has 0 aliphatic carbocycles. The highest BCUT2D eigenvalue weighted by atomic mass is 16.5. The molecular formula is C25H21O5-. The number of aliphatic carboxylic acids is 1. The number of rotatable bonds is 6. The van der Waals surface area contributed by atoms with Gasteiger partial charge in [0.2, 0.25) is 0 Å². The van der Waals surface area contributed by atoms with Crippen molar-refractivity contribution >= 4 is 27.7 Å². The zero-order valence-electron chi connectivity index (χ0n) is 16.9. The van der Waals surface area contributed by atoms with Crippen molar-refractivity contribution in [3.05, 3.63) is 87.3 Å². The molecule has 1 heterocycles. The van der Waals surface area contributed by atoms with Gasteiger partial charge < -0.3 is 19.1 Å². The van der Waals surface area contributed by atoms with Crippen molar-refractivity contribution < 1.29 is 19.1 Å². The molecule has 3 aromatic carbocycles. The van der Waals surface area contributed by atoms with E-state index in [1.165, 1.54) is 0 Å². The van der Waals surface area contributed by atoms with E-state index in [0.717, 1.165) is 32.8 Å². The molecule has 0 saturated heterocycles. The quantitative estimate of drug-likeness (QED) is 0.459. The number of carboxylic acid groups (broad SMARTS) is 1. The van der Waals surface area contributed by atoms with Gasteiger partial charge in [-0.2, -0.15) is 0 Å². The van der Waals surface area contributed by atoms with Crippen LogP contribution in [0, 0.1) is 13.8 Å². The van der Waals surface area contributed by atoms with E-state index in [-0.39, 0.29) is 12.8 Å². The molecular weight excluding hydrogens is 380 g/mol. The molecule has 0 N–H and O–H groups in total. The maximum atomic E-state index is 12.3. The van der Waals surface area contributed by atoms with Crippen LogP contribution < -0.4 is 15.5 Å². The molecule has 30 heavy (non-hydrogen) atoms. The summed E-state index contributed by atoms with van der Waals surface area (Å²) in [5, 5.41) is 13.8. The maximum Gasteiger partial charge on any atom is 0.339 e. The molecule has 0 spiro atoms. The SMILES string of the molecule is Cc1ccc2ccccc2c1COc1ccc2c(C)c(CCC(=O)[O-])c(=O)oc2c1. The van der Waals surface area contributed by atoms with Crippen LogP contribution >= 0.6 is 0 Å². The van der Waals surface area contributed by atoms with Crippen LogP contribution in [0.2, 0.25) is 0 Å². The number of carboxylic acids is 1. The molecule has 0 radical (unpaired) electrons. The number of fused-ring (bicyclic) bond motifs is 2. The first-order valence-corrected chi connectivity index (χ1v) is 9.80. The lowest BCUT2D eigenvalue weighted by Gasteiger charge is -2.13. The zero-order valence-corrected chi connectivity index (χ0v) is 16.9. The molecule has 0 aliphatic rings. The predicted molar refractivity (Wildman–Crippen MR) is 114 cm³/mol. The Morgan fingerprint density at radius 3 is 2.60 bits per heavy atom. The number of benzene rings is 3. The first kappa shape index (κ1) is 19.7. The molecule has 0 saturated carbocycles. The first-order chi connectivity index (χ1) is 14.4. The van der Waals surface area contributed by atoms with Crippen molar-refractivity contribution in [1.29, 1.82) is 0 Å². The van der Waals surface area contributed by atoms with Gasteiger partial charge in [0.15, 0.2) is 0 Å². The highest BCUT2D eigenvalue weighted by molar-refractivity contribution is 5.86. The van der Waals surface area contributed by atoms with Crippen molar-refractivity contribution in [2.45, 2.75) is 33.3 Å². The third kappa shape index (κ3) is 3.79. The van der Waals surface area contributed by atoms with Crippen LogP contribution in [-0.2, 0) is 17.8 Å². The molecule has 0 unspecified atom stereocenters. The van der Waals surface area contributed by atoms with E-state index in [1.807, 2.05) is 24.3 Å². The van der Waals surface area contributed by atoms with Gasteiger partial charge in [-0.25, -0.2) is 4.79 Å². The number of hydrogen-bond donors (Lipinski definition) is 0. The summed E-state index contributed by atoms with van der Waals surface area (Å²) in [6.07, 6.45) is -0.131. The summed E-state index contributed by atoms with van der Waals surface area (Å²) < 4.78 is 11.5. The van der Waals surface area contributed by atoms with Crippen LogP contribution in [0.5, 0.6) is 5.75 Å². The summed E-state index contributed by atoms with van der Waals surface area (Å²) in [5.41, 5.74) is 3.24. The van der Waals surface area contributed by atoms with E-state index < -0.39 is 11.6 Å². The van der Waals surface area contributed by atoms with E-state index >= 15 is 0 Å². The smallest absolute Gasteiger partial charge is 0.339 e. The Bertz CT molecular complexity index is 1320. The van der Waals surface area contributed by atoms with Gasteiger partial charge in [-0.1, -0.05) is 36.4 Å². The van der Waals surface area contributed by atoms with Crippen molar-refractivity contribution in [2.24, 2.45) is 0 Å². The predicted octanol–water partition coefficient (Wildman–Crippen LogP) is 3.82. The molecule has 0 fully saturated rings. The van der Waals surface area contributed by atoms with Crippen molar-refractivity contribution in [1.82, 2.24) is 0 Å². The standard InChI is InChI=1S/C25H22O5/c1-15-7-8-17-5-3-4-6-21(17)22(15)14-29-18-9-10-19-16(2)20(11-12-24(26)27)25(28)30-23(19)13-18/h3-10,13H,11-12,14H2,1-2H3,(H,26,27)/p-1. The number of hydrogen-bond acceptors (Lipinski definition) is 5. The van der Waals surface area contributed by atoms with Gasteiger partial charge in [-0.05, 0) is 60.7 Å². The second-order valence-electron chi connectivity index (χ2n) is 7.39. The first-order valence-electron chi connectivity index (χ1n) is 9.80. The van der Waals surface area contributed by atoms with Gasteiger partial charge in [0.25, 0.3) is 0 Å². The number of carbonyl (C=O) groups excluding carboxylic acids is 1. The lowest BCUT2D eigenvalue weighted by atomic mass is 10.0. The summed E-state index contributed by atoms with van der Waals surface area (Å²) in [4.78, 5) is 23.1. The van der Waals surface area contributed by atoms with Crippen molar-refractivity contribution in [3.8, 4) is 5.75 Å². The van der Waals surface area contributed by atoms with Gasteiger partial charge in [-0.15, -0.1) is 0 Å². The highest BCUT2D eigenvalue weighted by Gasteiger charge is 2.13. The Balaban J connectivity index is 1.64. The minimum atomic E-state index is -1.19. The molecule has 1 aromatic heterocycles. The summed E-state index contributed by atoms with van der Waals surface area (Å²) in [7, 11) is 0. The van der Waals surface area contributed by atoms with Gasteiger partial charge in [0.1, 0.15) is 17.9 Å². The van der Waals surface area contributed by atoms with Crippen LogP contribution in [-0.4, -0.2) is 5.97 Å². The monoisotopic (exact) mass is 401 g/mol. The average Bonchev–Trinajstić information content (AvgIpc) is 2.72. The Hall–Kier alpha value is -3.60. The van der Waals surface area contributed by atoms with E-state index in [9.17, 15) is 14.7 Å². The van der Waals surface area contributed by atoms with Gasteiger partial charge >= 0.3 is 5.63 Å². The molecule has 4 rings (SSSR count). The molecule has 0 bridgehead atoms. The van der Waals surface area contributed by atoms with E-state index in [1.54, 1.807) is 13.0 Å². The van der Waals surface area contributed by atoms with Crippen LogP contribution in [0.1, 0.15) is 28.7 Å². The fourth-order valence-electron chi connectivity index (χ4n) is 3.77. The molecule has 0 amide bonds. The van der Waals surface area contributed by atoms with Crippen LogP contribution in [0.25, 0.3) is 21.7 Å². The summed E-state index contributed by atoms with van der Waals surface area (Å²) in [5.74, 6) is -0.596. The van der Waals surface area contributed by atoms with E-state index in [4.69, 9.17) is 9.15 Å². The summed E-state index contributed by atoms with van der Waals surface area (Å²) >= 11 is 0. The zero-order chi connectivity index (χ0) is 21.3. The van der Waals surface area contributed by atoms with Crippen molar-refractivity contribution in [2.75, 3.05) is 0 Å². The lowest BCUT2D eigenvalue weighted by Crippen LogP contribution is -2.24. The fourth-order valence-corrected chi connectivity index (χ4v) is 3.77. The van der Waals surface area contributed by atoms with E-state index in [2.05, 4.69) is 31.2 Å². The topological polar surface area (TPSA) is 79.6 Å². The van der Waals surface area contributed by atoms with Gasteiger partial charge in [0.05, 0.1) is 0 Å². The minimum Gasteiger partial charge on any atom is -0.550 e. The van der Waals surface area contributed by atoms with E-state index in [0.29, 0.717) is 23.5 Å². The molecule has 5 nitrogen and oxygen atoms in total. The third-order valence-corrected chi connectivity index (χ3v) is 5.50. The second-order valence-corrected chi connectivity index (χ2v) is 7.39. The maximum absolute atomic E-state index is 12.3. The molecule has 5 heteroatoms. The normalized spacial score (nSPS) is 11.1. The average molecular weight is 401 g/mol. The number of carbonyl (C=O) groups is 1. The largest absolute Gasteiger partial charge is 0.550 e. The van der Waals surface area contributed by atoms with Crippen molar-refractivity contribution in [3.63, 3.8) is 0 Å². The van der Waals surface area contributed by atoms with Crippen LogP contribution in [0.4, 0.5) is 0 Å². The van der Waals surface area contributed by atoms with Gasteiger partial charge in [0, 0.05) is 28.5 Å². The highest BCUT2D eigenvalue weighted by Crippen LogP contribution is 2.27. The number of aryl methyl sites for hydroxylation is 2. The molecule has 4 aromatic rings. The Kier molecular flexibility index (Phi) is 5.27. The Labute approximate surface area is 173 Å². The summed E-state index contributed by atoms with van der Waals surface area (Å²) in [6.45, 7) is 4.25. The van der Waals surface area contributed by atoms with Crippen LogP contribution in [0.15, 0.2) is 63.8 Å². The van der Waals surface area contributed by atoms with Gasteiger partial charge in [-0.3, -0.25) is 0 Å². The lowest BCUT2D eigenvalue weighted by molar-refractivity contribution is -0.305. The Morgan fingerprint density at radius 2 is 1.80 bits per heavy atom. The number of ether oxygens (including phenoxy) is 1. The summed E-state index contributed by atoms with van der Waals surface area (Å²) in [6, 6.07) is 17.7.